The lowest BCUT2D eigenvalue weighted by Crippen LogP contribution is -2.23. The number of carbonyl (C=O) groups is 1. The fraction of sp³-hybridized carbons (Fsp3) is 0.667. The summed E-state index contributed by atoms with van der Waals surface area (Å²) in [5.41, 5.74) is 2.06. The molecule has 0 saturated carbocycles. The molecule has 0 aromatic carbocycles. The van der Waals surface area contributed by atoms with E-state index in [0.717, 1.165) is 37.6 Å². The Hall–Kier alpha value is -1.14. The lowest BCUT2D eigenvalue weighted by Gasteiger charge is -2.22. The number of hydrogen-bond donors (Lipinski definition) is 1. The van der Waals surface area contributed by atoms with Crippen molar-refractivity contribution in [2.45, 2.75) is 19.8 Å². The summed E-state index contributed by atoms with van der Waals surface area (Å²) in [7, 11) is 0. The predicted octanol–water partition coefficient (Wildman–Crippen LogP) is 2.16. The maximum atomic E-state index is 11.6. The van der Waals surface area contributed by atoms with Crippen molar-refractivity contribution < 1.29 is 14.3 Å². The van der Waals surface area contributed by atoms with Crippen molar-refractivity contribution >= 4 is 22.3 Å². The highest BCUT2D eigenvalue weighted by molar-refractivity contribution is 7.14. The van der Waals surface area contributed by atoms with Crippen molar-refractivity contribution in [3.63, 3.8) is 0 Å². The van der Waals surface area contributed by atoms with E-state index in [2.05, 4.69) is 10.3 Å². The number of nitrogens with zero attached hydrogens (tertiary/aromatic N) is 1. The van der Waals surface area contributed by atoms with Gasteiger partial charge in [0.05, 0.1) is 12.1 Å². The molecule has 100 valence electrons. The molecule has 0 spiro atoms. The van der Waals surface area contributed by atoms with Gasteiger partial charge in [0.1, 0.15) is 5.00 Å². The Labute approximate surface area is 111 Å². The molecule has 0 amide bonds. The zero-order valence-corrected chi connectivity index (χ0v) is 11.3. The van der Waals surface area contributed by atoms with Gasteiger partial charge in [-0.25, -0.2) is 9.78 Å². The standard InChI is InChI=1S/C12H18N2O3S/c1-2-17-12(15)10-11(18-8-14-10)13-7-9-3-5-16-6-4-9/h8-9,13H,2-7H2,1H3. The molecule has 0 unspecified atom stereocenters. The van der Waals surface area contributed by atoms with Crippen molar-refractivity contribution in [3.8, 4) is 0 Å². The molecule has 1 saturated heterocycles. The van der Waals surface area contributed by atoms with Gasteiger partial charge in [-0.15, -0.1) is 11.3 Å². The Kier molecular flexibility index (Phi) is 4.95. The first-order chi connectivity index (χ1) is 8.81. The summed E-state index contributed by atoms with van der Waals surface area (Å²) >= 11 is 1.44. The first-order valence-corrected chi connectivity index (χ1v) is 7.11. The number of aromatic nitrogens is 1. The van der Waals surface area contributed by atoms with E-state index in [1.54, 1.807) is 12.4 Å². The summed E-state index contributed by atoms with van der Waals surface area (Å²) < 4.78 is 10.3. The molecule has 1 N–H and O–H groups in total. The molecule has 1 aromatic rings. The SMILES string of the molecule is CCOC(=O)c1ncsc1NCC1CCOCC1. The highest BCUT2D eigenvalue weighted by Crippen LogP contribution is 2.23. The number of ether oxygens (including phenoxy) is 2. The molecule has 5 nitrogen and oxygen atoms in total. The first-order valence-electron chi connectivity index (χ1n) is 6.23. The maximum absolute atomic E-state index is 11.6. The fourth-order valence-corrected chi connectivity index (χ4v) is 2.58. The molecule has 2 heterocycles. The van der Waals surface area contributed by atoms with E-state index in [0.29, 0.717) is 18.2 Å². The Balaban J connectivity index is 1.88. The smallest absolute Gasteiger partial charge is 0.360 e. The van der Waals surface area contributed by atoms with Gasteiger partial charge < -0.3 is 14.8 Å². The minimum atomic E-state index is -0.353. The molecule has 0 radical (unpaired) electrons. The van der Waals surface area contributed by atoms with Gasteiger partial charge in [-0.3, -0.25) is 0 Å². The average molecular weight is 270 g/mol. The number of carbonyl (C=O) groups excluding carboxylic acids is 1. The topological polar surface area (TPSA) is 60.5 Å². The van der Waals surface area contributed by atoms with Gasteiger partial charge in [0.2, 0.25) is 0 Å². The summed E-state index contributed by atoms with van der Waals surface area (Å²) in [6.07, 6.45) is 2.14. The molecule has 1 aliphatic rings. The number of nitrogens with one attached hydrogen (secondary N) is 1. The van der Waals surface area contributed by atoms with Crippen LogP contribution in [0.3, 0.4) is 0 Å². The van der Waals surface area contributed by atoms with Crippen molar-refractivity contribution in [2.75, 3.05) is 31.7 Å². The molecule has 1 aliphatic heterocycles. The Morgan fingerprint density at radius 2 is 2.39 bits per heavy atom. The number of esters is 1. The summed E-state index contributed by atoms with van der Waals surface area (Å²) in [4.78, 5) is 15.7. The summed E-state index contributed by atoms with van der Waals surface area (Å²) in [6, 6.07) is 0. The number of rotatable bonds is 5. The van der Waals surface area contributed by atoms with E-state index in [9.17, 15) is 4.79 Å². The van der Waals surface area contributed by atoms with Crippen molar-refractivity contribution in [1.29, 1.82) is 0 Å². The molecule has 1 fully saturated rings. The molecule has 1 aromatic heterocycles. The van der Waals surface area contributed by atoms with E-state index >= 15 is 0 Å². The second-order valence-electron chi connectivity index (χ2n) is 4.19. The zero-order chi connectivity index (χ0) is 12.8. The van der Waals surface area contributed by atoms with Gasteiger partial charge in [-0.05, 0) is 25.7 Å². The second kappa shape index (κ2) is 6.70. The molecule has 6 heteroatoms. The van der Waals surface area contributed by atoms with E-state index in [-0.39, 0.29) is 5.97 Å². The van der Waals surface area contributed by atoms with Crippen LogP contribution in [0.2, 0.25) is 0 Å². The van der Waals surface area contributed by atoms with Crippen LogP contribution in [0, 0.1) is 5.92 Å². The van der Waals surface area contributed by atoms with Crippen LogP contribution in [0.5, 0.6) is 0 Å². The van der Waals surface area contributed by atoms with Gasteiger partial charge >= 0.3 is 5.97 Å². The monoisotopic (exact) mass is 270 g/mol. The third-order valence-electron chi connectivity index (χ3n) is 2.93. The molecule has 18 heavy (non-hydrogen) atoms. The first kappa shape index (κ1) is 13.3. The zero-order valence-electron chi connectivity index (χ0n) is 10.5. The highest BCUT2D eigenvalue weighted by atomic mass is 32.1. The summed E-state index contributed by atoms with van der Waals surface area (Å²) in [5.74, 6) is 0.254. The Bertz CT molecular complexity index is 388. The fourth-order valence-electron chi connectivity index (χ4n) is 1.90. The van der Waals surface area contributed by atoms with Crippen LogP contribution in [0.15, 0.2) is 5.51 Å². The molecule has 2 rings (SSSR count). The van der Waals surface area contributed by atoms with Crippen LogP contribution in [0.1, 0.15) is 30.3 Å². The lowest BCUT2D eigenvalue weighted by molar-refractivity contribution is 0.0521. The van der Waals surface area contributed by atoms with Gasteiger partial charge in [-0.1, -0.05) is 0 Å². The predicted molar refractivity (Wildman–Crippen MR) is 70.1 cm³/mol. The molecule has 0 bridgehead atoms. The van der Waals surface area contributed by atoms with E-state index in [1.165, 1.54) is 11.3 Å². The lowest BCUT2D eigenvalue weighted by atomic mass is 10.0. The second-order valence-corrected chi connectivity index (χ2v) is 5.04. The van der Waals surface area contributed by atoms with Crippen molar-refractivity contribution in [2.24, 2.45) is 5.92 Å². The van der Waals surface area contributed by atoms with Crippen LogP contribution in [0.4, 0.5) is 5.00 Å². The highest BCUT2D eigenvalue weighted by Gasteiger charge is 2.18. The molecule has 0 atom stereocenters. The maximum Gasteiger partial charge on any atom is 0.360 e. The van der Waals surface area contributed by atoms with Crippen molar-refractivity contribution in [1.82, 2.24) is 4.98 Å². The number of anilines is 1. The minimum absolute atomic E-state index is 0.353. The van der Waals surface area contributed by atoms with Gasteiger partial charge in [0.15, 0.2) is 5.69 Å². The molecular formula is C12H18N2O3S. The molecular weight excluding hydrogens is 252 g/mol. The third kappa shape index (κ3) is 3.43. The molecule has 0 aliphatic carbocycles. The van der Waals surface area contributed by atoms with Crippen LogP contribution in [-0.2, 0) is 9.47 Å². The largest absolute Gasteiger partial charge is 0.461 e. The quantitative estimate of drug-likeness (QED) is 0.831. The van der Waals surface area contributed by atoms with Crippen LogP contribution >= 0.6 is 11.3 Å². The Morgan fingerprint density at radius 1 is 1.61 bits per heavy atom. The normalized spacial score (nSPS) is 16.5. The average Bonchev–Trinajstić information content (AvgIpc) is 2.86. The number of thiazole rings is 1. The van der Waals surface area contributed by atoms with E-state index in [1.807, 2.05) is 0 Å². The van der Waals surface area contributed by atoms with Crippen LogP contribution in [-0.4, -0.2) is 37.3 Å². The van der Waals surface area contributed by atoms with E-state index < -0.39 is 0 Å². The summed E-state index contributed by atoms with van der Waals surface area (Å²) in [5, 5.41) is 4.11. The Morgan fingerprint density at radius 3 is 3.11 bits per heavy atom. The van der Waals surface area contributed by atoms with Gasteiger partial charge in [0.25, 0.3) is 0 Å². The van der Waals surface area contributed by atoms with Crippen LogP contribution < -0.4 is 5.32 Å². The number of hydrogen-bond acceptors (Lipinski definition) is 6. The van der Waals surface area contributed by atoms with Crippen LogP contribution in [0.25, 0.3) is 0 Å². The van der Waals surface area contributed by atoms with Gasteiger partial charge in [0, 0.05) is 19.8 Å². The third-order valence-corrected chi connectivity index (χ3v) is 3.71. The van der Waals surface area contributed by atoms with E-state index in [4.69, 9.17) is 9.47 Å². The summed E-state index contributed by atoms with van der Waals surface area (Å²) in [6.45, 7) is 4.69. The van der Waals surface area contributed by atoms with Gasteiger partial charge in [-0.2, -0.15) is 0 Å². The minimum Gasteiger partial charge on any atom is -0.461 e. The van der Waals surface area contributed by atoms with Crippen molar-refractivity contribution in [3.05, 3.63) is 11.2 Å².